The maximum absolute atomic E-state index is 12.4. The molecule has 0 radical (unpaired) electrons. The summed E-state index contributed by atoms with van der Waals surface area (Å²) in [4.78, 5) is 37.5. The lowest BCUT2D eigenvalue weighted by molar-refractivity contribution is 0.0562. The van der Waals surface area contributed by atoms with Gasteiger partial charge in [-0.1, -0.05) is 0 Å². The normalized spacial score (nSPS) is 22.2. The van der Waals surface area contributed by atoms with Crippen LogP contribution in [0.4, 0.5) is 4.79 Å². The average Bonchev–Trinajstić information content (AvgIpc) is 3.06. The molecule has 2 aliphatic rings. The summed E-state index contributed by atoms with van der Waals surface area (Å²) in [7, 11) is 4.02. The van der Waals surface area contributed by atoms with E-state index in [-0.39, 0.29) is 29.6 Å². The van der Waals surface area contributed by atoms with Crippen molar-refractivity contribution in [1.29, 1.82) is 0 Å². The predicted octanol–water partition coefficient (Wildman–Crippen LogP) is 2.06. The van der Waals surface area contributed by atoms with E-state index < -0.39 is 18.1 Å². The lowest BCUT2D eigenvalue weighted by atomic mass is 9.77. The van der Waals surface area contributed by atoms with Crippen molar-refractivity contribution in [3.8, 4) is 0 Å². The lowest BCUT2D eigenvalue weighted by Gasteiger charge is -2.39. The molecule has 2 atom stereocenters. The van der Waals surface area contributed by atoms with Crippen LogP contribution in [0.5, 0.6) is 0 Å². The van der Waals surface area contributed by atoms with Crippen LogP contribution < -0.4 is 0 Å². The molecule has 0 saturated heterocycles. The number of methoxy groups -OCH3 is 3. The highest BCUT2D eigenvalue weighted by atomic mass is 16.5. The zero-order valence-corrected chi connectivity index (χ0v) is 13.5. The quantitative estimate of drug-likeness (QED) is 0.763. The van der Waals surface area contributed by atoms with Crippen LogP contribution in [0.1, 0.15) is 45.4 Å². The van der Waals surface area contributed by atoms with E-state index in [1.165, 1.54) is 32.3 Å². The van der Waals surface area contributed by atoms with Gasteiger partial charge in [0.15, 0.2) is 11.5 Å². The molecule has 2 heterocycles. The lowest BCUT2D eigenvalue weighted by Crippen LogP contribution is -2.46. The molecule has 0 spiro atoms. The van der Waals surface area contributed by atoms with Crippen LogP contribution in [-0.2, 0) is 14.2 Å². The Bertz CT molecular complexity index is 733. The van der Waals surface area contributed by atoms with E-state index in [9.17, 15) is 14.4 Å². The molecule has 8 heteroatoms. The van der Waals surface area contributed by atoms with Gasteiger partial charge in [0.2, 0.25) is 5.76 Å². The molecule has 8 nitrogen and oxygen atoms in total. The molecule has 1 aliphatic carbocycles. The van der Waals surface area contributed by atoms with Gasteiger partial charge in [-0.05, 0) is 6.07 Å². The van der Waals surface area contributed by atoms with Crippen LogP contribution in [-0.4, -0.2) is 50.1 Å². The van der Waals surface area contributed by atoms with Crippen molar-refractivity contribution < 1.29 is 33.0 Å². The molecule has 1 aliphatic heterocycles. The fourth-order valence-electron chi connectivity index (χ4n) is 3.22. The third-order valence-electron chi connectivity index (χ3n) is 4.37. The molecule has 0 saturated carbocycles. The van der Waals surface area contributed by atoms with Gasteiger partial charge in [-0.2, -0.15) is 0 Å². The number of furan rings is 1. The molecule has 0 N–H and O–H groups in total. The van der Waals surface area contributed by atoms with E-state index in [4.69, 9.17) is 13.9 Å². The first kappa shape index (κ1) is 16.1. The number of amides is 1. The van der Waals surface area contributed by atoms with E-state index in [0.717, 1.165) is 0 Å². The van der Waals surface area contributed by atoms with Gasteiger partial charge in [0.25, 0.3) is 0 Å². The number of esters is 1. The third kappa shape index (κ3) is 2.44. The van der Waals surface area contributed by atoms with Crippen LogP contribution in [0.15, 0.2) is 22.4 Å². The van der Waals surface area contributed by atoms with Gasteiger partial charge in [0.05, 0.1) is 27.4 Å². The topological polar surface area (TPSA) is 95.3 Å². The number of nitrogens with zero attached hydrogens (tertiary/aromatic N) is 1. The number of hydrogen-bond acceptors (Lipinski definition) is 7. The van der Waals surface area contributed by atoms with Crippen molar-refractivity contribution in [2.75, 3.05) is 21.3 Å². The van der Waals surface area contributed by atoms with E-state index in [2.05, 4.69) is 4.74 Å². The Morgan fingerprint density at radius 3 is 2.58 bits per heavy atom. The number of Topliss-reactive ketones (excluding diaryl/α,β-unsaturated/α-hetero) is 1. The Balaban J connectivity index is 2.05. The summed E-state index contributed by atoms with van der Waals surface area (Å²) in [5, 5.41) is 0. The molecule has 0 aromatic carbocycles. The van der Waals surface area contributed by atoms with Gasteiger partial charge >= 0.3 is 12.1 Å². The van der Waals surface area contributed by atoms with Gasteiger partial charge in [0.1, 0.15) is 5.76 Å². The van der Waals surface area contributed by atoms with Crippen molar-refractivity contribution in [2.45, 2.75) is 24.8 Å². The molecule has 0 bridgehead atoms. The van der Waals surface area contributed by atoms with Crippen LogP contribution >= 0.6 is 0 Å². The fourth-order valence-corrected chi connectivity index (χ4v) is 3.22. The number of ether oxygens (including phenoxy) is 3. The average molecular weight is 335 g/mol. The number of carbonyl (C=O) groups is 3. The van der Waals surface area contributed by atoms with E-state index >= 15 is 0 Å². The minimum absolute atomic E-state index is 0.0327. The maximum atomic E-state index is 12.4. The summed E-state index contributed by atoms with van der Waals surface area (Å²) in [6.07, 6.45) is 1.53. The molecule has 24 heavy (non-hydrogen) atoms. The zero-order chi connectivity index (χ0) is 17.4. The summed E-state index contributed by atoms with van der Waals surface area (Å²) in [6.45, 7) is 0. The molecule has 1 aromatic rings. The molecular formula is C16H17NO7. The summed E-state index contributed by atoms with van der Waals surface area (Å²) >= 11 is 0. The molecule has 0 fully saturated rings. The second-order valence-electron chi connectivity index (χ2n) is 5.57. The number of rotatable bonds is 2. The second kappa shape index (κ2) is 6.03. The Morgan fingerprint density at radius 2 is 1.96 bits per heavy atom. The molecule has 1 amide bonds. The first-order chi connectivity index (χ1) is 11.5. The predicted molar refractivity (Wildman–Crippen MR) is 79.5 cm³/mol. The number of ketones is 1. The van der Waals surface area contributed by atoms with Crippen molar-refractivity contribution >= 4 is 17.8 Å². The van der Waals surface area contributed by atoms with Crippen molar-refractivity contribution in [1.82, 2.24) is 4.90 Å². The van der Waals surface area contributed by atoms with Crippen LogP contribution in [0.2, 0.25) is 0 Å². The third-order valence-corrected chi connectivity index (χ3v) is 4.37. The summed E-state index contributed by atoms with van der Waals surface area (Å²) in [6, 6.07) is 1.09. The minimum Gasteiger partial charge on any atom is -0.500 e. The SMILES string of the molecule is COC(=O)c1cc2c(o1)C(=O)C[C@H]1[C@@H]2CC(OC)=CN1C(=O)OC. The Kier molecular flexibility index (Phi) is 4.04. The van der Waals surface area contributed by atoms with Gasteiger partial charge in [-0.15, -0.1) is 0 Å². The van der Waals surface area contributed by atoms with Crippen molar-refractivity contribution in [3.05, 3.63) is 35.1 Å². The van der Waals surface area contributed by atoms with Crippen LogP contribution in [0, 0.1) is 0 Å². The minimum atomic E-state index is -0.656. The summed E-state index contributed by atoms with van der Waals surface area (Å²) < 4.78 is 20.1. The highest BCUT2D eigenvalue weighted by Gasteiger charge is 2.45. The summed E-state index contributed by atoms with van der Waals surface area (Å²) in [5.41, 5.74) is 0.577. The first-order valence-corrected chi connectivity index (χ1v) is 7.36. The number of fused-ring (bicyclic) bond motifs is 3. The smallest absolute Gasteiger partial charge is 0.413 e. The molecule has 128 valence electrons. The zero-order valence-electron chi connectivity index (χ0n) is 13.5. The monoisotopic (exact) mass is 335 g/mol. The molecule has 0 unspecified atom stereocenters. The Hall–Kier alpha value is -2.77. The number of carbonyl (C=O) groups excluding carboxylic acids is 3. The highest BCUT2D eigenvalue weighted by Crippen LogP contribution is 2.43. The van der Waals surface area contributed by atoms with Gasteiger partial charge in [-0.3, -0.25) is 9.69 Å². The van der Waals surface area contributed by atoms with Crippen molar-refractivity contribution in [3.63, 3.8) is 0 Å². The second-order valence-corrected chi connectivity index (χ2v) is 5.57. The van der Waals surface area contributed by atoms with Crippen molar-refractivity contribution in [2.24, 2.45) is 0 Å². The van der Waals surface area contributed by atoms with E-state index in [1.54, 1.807) is 6.20 Å². The van der Waals surface area contributed by atoms with Gasteiger partial charge < -0.3 is 18.6 Å². The maximum Gasteiger partial charge on any atom is 0.413 e. The molecule has 1 aromatic heterocycles. The van der Waals surface area contributed by atoms with E-state index in [1.807, 2.05) is 0 Å². The van der Waals surface area contributed by atoms with Crippen LogP contribution in [0.3, 0.4) is 0 Å². The van der Waals surface area contributed by atoms with Crippen LogP contribution in [0.25, 0.3) is 0 Å². The highest BCUT2D eigenvalue weighted by molar-refractivity contribution is 5.99. The Morgan fingerprint density at radius 1 is 1.21 bits per heavy atom. The molecular weight excluding hydrogens is 318 g/mol. The standard InChI is InChI=1S/C16H17NO7/c1-21-8-4-9-10-5-13(15(19)22-2)24-14(10)12(18)6-11(9)17(7-8)16(20)23-3/h5,7,9,11H,4,6H2,1-3H3/t9-,11+/m1/s1. The Labute approximate surface area is 137 Å². The molecule has 3 rings (SSSR count). The van der Waals surface area contributed by atoms with Gasteiger partial charge in [0, 0.05) is 30.5 Å². The number of allylic oxidation sites excluding steroid dienone is 1. The van der Waals surface area contributed by atoms with E-state index in [0.29, 0.717) is 17.7 Å². The summed E-state index contributed by atoms with van der Waals surface area (Å²) in [5.74, 6) is -0.489. The first-order valence-electron chi connectivity index (χ1n) is 7.36. The fraction of sp³-hybridized carbons (Fsp3) is 0.438. The number of hydrogen-bond donors (Lipinski definition) is 0. The largest absolute Gasteiger partial charge is 0.500 e. The van der Waals surface area contributed by atoms with Gasteiger partial charge in [-0.25, -0.2) is 9.59 Å².